The Morgan fingerprint density at radius 3 is 2.56 bits per heavy atom. The largest absolute Gasteiger partial charge is 0.481 e. The van der Waals surface area contributed by atoms with Crippen molar-refractivity contribution in [1.29, 1.82) is 0 Å². The third-order valence-corrected chi connectivity index (χ3v) is 6.02. The SMILES string of the molecule is CCCC(=S)NCC(=S)NC[C@@H]1[C@H](C/C=C\CCCC(=O)O)[C@@H]2CC[C@H]1O2. The summed E-state index contributed by atoms with van der Waals surface area (Å²) in [5.41, 5.74) is 0. The normalized spacial score (nSPS) is 26.4. The molecule has 2 heterocycles. The van der Waals surface area contributed by atoms with Gasteiger partial charge in [-0.2, -0.15) is 0 Å². The first-order valence-corrected chi connectivity index (χ1v) is 10.9. The Kier molecular flexibility index (Phi) is 9.65. The van der Waals surface area contributed by atoms with E-state index in [1.165, 1.54) is 0 Å². The number of rotatable bonds is 12. The summed E-state index contributed by atoms with van der Waals surface area (Å²) in [6, 6.07) is 0. The lowest BCUT2D eigenvalue weighted by molar-refractivity contribution is -0.137. The molecular formula is C20H32N2O3S2. The molecule has 4 atom stereocenters. The van der Waals surface area contributed by atoms with E-state index < -0.39 is 5.97 Å². The van der Waals surface area contributed by atoms with Crippen molar-refractivity contribution in [3.05, 3.63) is 12.2 Å². The zero-order valence-electron chi connectivity index (χ0n) is 16.1. The van der Waals surface area contributed by atoms with E-state index in [2.05, 4.69) is 29.7 Å². The molecule has 152 valence electrons. The fourth-order valence-electron chi connectivity index (χ4n) is 4.01. The van der Waals surface area contributed by atoms with Crippen molar-refractivity contribution in [2.24, 2.45) is 11.8 Å². The van der Waals surface area contributed by atoms with E-state index in [-0.39, 0.29) is 6.42 Å². The maximum atomic E-state index is 10.5. The number of allylic oxidation sites excluding steroid dienone is 2. The van der Waals surface area contributed by atoms with E-state index in [1.807, 2.05) is 0 Å². The highest BCUT2D eigenvalue weighted by Crippen LogP contribution is 2.44. The fraction of sp³-hybridized carbons (Fsp3) is 0.750. The standard InChI is InChI=1S/C20H32N2O3S2/c1-2-7-18(26)22-13-19(27)21-12-15-14(16-10-11-17(15)25-16)8-5-3-4-6-9-20(23)24/h3,5,14-17H,2,4,6-13H2,1H3,(H,21,27)(H,22,26)(H,23,24)/b5-3-/t14-,15+,16-,17+/m0/s1. The Hall–Kier alpha value is -1.05. The Balaban J connectivity index is 1.72. The van der Waals surface area contributed by atoms with Crippen molar-refractivity contribution >= 4 is 40.4 Å². The Labute approximate surface area is 173 Å². The molecule has 0 spiro atoms. The second-order valence-corrected chi connectivity index (χ2v) is 8.43. The molecule has 2 aliphatic heterocycles. The first-order chi connectivity index (χ1) is 13.0. The Morgan fingerprint density at radius 2 is 1.85 bits per heavy atom. The van der Waals surface area contributed by atoms with Crippen molar-refractivity contribution in [2.75, 3.05) is 13.1 Å². The first kappa shape index (κ1) is 22.2. The predicted molar refractivity (Wildman–Crippen MR) is 116 cm³/mol. The van der Waals surface area contributed by atoms with Crippen LogP contribution < -0.4 is 10.6 Å². The monoisotopic (exact) mass is 412 g/mol. The van der Waals surface area contributed by atoms with Gasteiger partial charge in [0.15, 0.2) is 0 Å². The third-order valence-electron chi connectivity index (χ3n) is 5.38. The van der Waals surface area contributed by atoms with Crippen LogP contribution in [-0.2, 0) is 9.53 Å². The zero-order valence-corrected chi connectivity index (χ0v) is 17.7. The summed E-state index contributed by atoms with van der Waals surface area (Å²) in [6.07, 6.45) is 12.0. The number of thiocarbonyl (C=S) groups is 2. The van der Waals surface area contributed by atoms with E-state index in [0.29, 0.717) is 37.0 Å². The Morgan fingerprint density at radius 1 is 1.11 bits per heavy atom. The lowest BCUT2D eigenvalue weighted by Gasteiger charge is -2.28. The molecule has 0 aromatic heterocycles. The van der Waals surface area contributed by atoms with Gasteiger partial charge in [-0.15, -0.1) is 0 Å². The molecule has 0 aromatic carbocycles. The van der Waals surface area contributed by atoms with Crippen molar-refractivity contribution in [3.8, 4) is 0 Å². The Bertz CT molecular complexity index is 553. The van der Waals surface area contributed by atoms with Crippen LogP contribution in [0.4, 0.5) is 0 Å². The van der Waals surface area contributed by atoms with E-state index in [0.717, 1.165) is 55.0 Å². The van der Waals surface area contributed by atoms with Gasteiger partial charge >= 0.3 is 5.97 Å². The van der Waals surface area contributed by atoms with Gasteiger partial charge in [-0.1, -0.05) is 43.5 Å². The van der Waals surface area contributed by atoms with Crippen molar-refractivity contribution in [3.63, 3.8) is 0 Å². The van der Waals surface area contributed by atoms with Crippen molar-refractivity contribution < 1.29 is 14.6 Å². The van der Waals surface area contributed by atoms with Crippen molar-refractivity contribution in [1.82, 2.24) is 10.6 Å². The number of aliphatic carboxylic acids is 1. The zero-order chi connectivity index (χ0) is 19.6. The molecule has 2 rings (SSSR count). The van der Waals surface area contributed by atoms with Gasteiger partial charge in [0.25, 0.3) is 0 Å². The third kappa shape index (κ3) is 7.47. The summed E-state index contributed by atoms with van der Waals surface area (Å²) < 4.78 is 6.14. The maximum absolute atomic E-state index is 10.5. The van der Waals surface area contributed by atoms with E-state index in [4.69, 9.17) is 34.3 Å². The van der Waals surface area contributed by atoms with Crippen LogP contribution >= 0.6 is 24.4 Å². The molecule has 0 saturated carbocycles. The number of nitrogens with one attached hydrogen (secondary N) is 2. The van der Waals surface area contributed by atoms with Gasteiger partial charge in [0, 0.05) is 18.9 Å². The number of carbonyl (C=O) groups is 1. The highest BCUT2D eigenvalue weighted by molar-refractivity contribution is 7.80. The molecule has 0 unspecified atom stereocenters. The number of fused-ring (bicyclic) bond motifs is 2. The number of hydrogen-bond donors (Lipinski definition) is 3. The van der Waals surface area contributed by atoms with Gasteiger partial charge in [-0.3, -0.25) is 4.79 Å². The van der Waals surface area contributed by atoms with Crippen LogP contribution in [0.15, 0.2) is 12.2 Å². The van der Waals surface area contributed by atoms with Crippen LogP contribution in [0.5, 0.6) is 0 Å². The first-order valence-electron chi connectivity index (χ1n) is 10.1. The average molecular weight is 413 g/mol. The van der Waals surface area contributed by atoms with Crippen LogP contribution in [0.25, 0.3) is 0 Å². The second kappa shape index (κ2) is 11.7. The minimum Gasteiger partial charge on any atom is -0.481 e. The van der Waals surface area contributed by atoms with E-state index >= 15 is 0 Å². The van der Waals surface area contributed by atoms with Crippen LogP contribution in [0, 0.1) is 11.8 Å². The fourth-order valence-corrected chi connectivity index (χ4v) is 4.44. The quantitative estimate of drug-likeness (QED) is 0.257. The summed E-state index contributed by atoms with van der Waals surface area (Å²) in [5.74, 6) is 0.272. The molecule has 7 heteroatoms. The molecule has 0 aliphatic carbocycles. The average Bonchev–Trinajstić information content (AvgIpc) is 3.22. The van der Waals surface area contributed by atoms with Gasteiger partial charge in [0.2, 0.25) is 0 Å². The van der Waals surface area contributed by atoms with Crippen LogP contribution in [0.2, 0.25) is 0 Å². The molecule has 0 aromatic rings. The molecule has 2 fully saturated rings. The van der Waals surface area contributed by atoms with Gasteiger partial charge in [-0.05, 0) is 50.9 Å². The van der Waals surface area contributed by atoms with Crippen molar-refractivity contribution in [2.45, 2.75) is 70.5 Å². The summed E-state index contributed by atoms with van der Waals surface area (Å²) in [7, 11) is 0. The van der Waals surface area contributed by atoms with Crippen LogP contribution in [-0.4, -0.2) is 46.4 Å². The van der Waals surface area contributed by atoms with Gasteiger partial charge < -0.3 is 20.5 Å². The second-order valence-electron chi connectivity index (χ2n) is 7.44. The predicted octanol–water partition coefficient (Wildman–Crippen LogP) is 3.62. The number of carboxylic acids is 1. The summed E-state index contributed by atoms with van der Waals surface area (Å²) in [5, 5.41) is 15.3. The molecule has 3 N–H and O–H groups in total. The highest BCUT2D eigenvalue weighted by Gasteiger charge is 2.47. The van der Waals surface area contributed by atoms with Crippen LogP contribution in [0.1, 0.15) is 58.3 Å². The number of ether oxygens (including phenoxy) is 1. The van der Waals surface area contributed by atoms with Crippen LogP contribution in [0.3, 0.4) is 0 Å². The van der Waals surface area contributed by atoms with E-state index in [1.54, 1.807) is 0 Å². The van der Waals surface area contributed by atoms with E-state index in [9.17, 15) is 4.79 Å². The summed E-state index contributed by atoms with van der Waals surface area (Å²) >= 11 is 10.7. The highest BCUT2D eigenvalue weighted by atomic mass is 32.1. The van der Waals surface area contributed by atoms with Gasteiger partial charge in [-0.25, -0.2) is 0 Å². The summed E-state index contributed by atoms with van der Waals surface area (Å²) in [4.78, 5) is 12.2. The smallest absolute Gasteiger partial charge is 0.303 e. The molecule has 0 radical (unpaired) electrons. The topological polar surface area (TPSA) is 70.6 Å². The maximum Gasteiger partial charge on any atom is 0.303 e. The minimum absolute atomic E-state index is 0.237. The molecule has 2 bridgehead atoms. The molecule has 0 amide bonds. The molecule has 2 saturated heterocycles. The number of hydrogen-bond acceptors (Lipinski definition) is 4. The lowest BCUT2D eigenvalue weighted by atomic mass is 9.77. The lowest BCUT2D eigenvalue weighted by Crippen LogP contribution is -2.41. The molecule has 5 nitrogen and oxygen atoms in total. The number of carboxylic acid groups (broad SMARTS) is 1. The van der Waals surface area contributed by atoms with Gasteiger partial charge in [0.1, 0.15) is 0 Å². The minimum atomic E-state index is -0.725. The molecule has 2 aliphatic rings. The number of unbranched alkanes of at least 4 members (excludes halogenated alkanes) is 1. The summed E-state index contributed by atoms with van der Waals surface area (Å²) in [6.45, 7) is 3.56. The molecule has 27 heavy (non-hydrogen) atoms. The molecular weight excluding hydrogens is 380 g/mol. The van der Waals surface area contributed by atoms with Gasteiger partial charge in [0.05, 0.1) is 28.7 Å².